The van der Waals surface area contributed by atoms with Crippen molar-refractivity contribution in [3.05, 3.63) is 16.0 Å². The zero-order valence-electron chi connectivity index (χ0n) is 16.8. The first-order valence-corrected chi connectivity index (χ1v) is 10.8. The van der Waals surface area contributed by atoms with Crippen LogP contribution in [-0.2, 0) is 22.4 Å². The van der Waals surface area contributed by atoms with E-state index in [-0.39, 0.29) is 17.9 Å². The molecule has 1 aromatic heterocycles. The zero-order valence-corrected chi connectivity index (χ0v) is 17.7. The molecule has 1 fully saturated rings. The van der Waals surface area contributed by atoms with E-state index in [0.29, 0.717) is 23.1 Å². The Bertz CT molecular complexity index is 695. The van der Waals surface area contributed by atoms with Gasteiger partial charge in [0, 0.05) is 31.1 Å². The predicted octanol–water partition coefficient (Wildman–Crippen LogP) is 2.62. The Balaban J connectivity index is 1.79. The number of piperazine rings is 1. The number of thiophene rings is 1. The van der Waals surface area contributed by atoms with E-state index in [2.05, 4.69) is 29.1 Å². The van der Waals surface area contributed by atoms with Crippen LogP contribution in [0.2, 0.25) is 0 Å². The second-order valence-corrected chi connectivity index (χ2v) is 8.89. The van der Waals surface area contributed by atoms with Gasteiger partial charge >= 0.3 is 5.97 Å². The minimum atomic E-state index is -0.313. The van der Waals surface area contributed by atoms with Crippen molar-refractivity contribution in [3.8, 4) is 0 Å². The van der Waals surface area contributed by atoms with E-state index in [1.165, 1.54) is 4.88 Å². The van der Waals surface area contributed by atoms with Crippen molar-refractivity contribution in [3.63, 3.8) is 0 Å². The topological polar surface area (TPSA) is 61.9 Å². The number of rotatable bonds is 5. The summed E-state index contributed by atoms with van der Waals surface area (Å²) in [7, 11) is 2.10. The number of amides is 1. The van der Waals surface area contributed by atoms with Gasteiger partial charge in [0.05, 0.1) is 18.2 Å². The van der Waals surface area contributed by atoms with Crippen LogP contribution in [0.5, 0.6) is 0 Å². The number of anilines is 1. The number of carbonyl (C=O) groups excluding carboxylic acids is 2. The second kappa shape index (κ2) is 8.71. The molecule has 3 rings (SSSR count). The molecule has 0 saturated carbocycles. The molecule has 1 amide bonds. The summed E-state index contributed by atoms with van der Waals surface area (Å²) in [4.78, 5) is 31.2. The number of nitrogens with one attached hydrogen (secondary N) is 1. The largest absolute Gasteiger partial charge is 0.462 e. The average Bonchev–Trinajstić information content (AvgIpc) is 2.98. The van der Waals surface area contributed by atoms with Crippen LogP contribution in [0.1, 0.15) is 48.0 Å². The Labute approximate surface area is 165 Å². The molecule has 1 N–H and O–H groups in total. The van der Waals surface area contributed by atoms with E-state index in [4.69, 9.17) is 4.74 Å². The molecule has 0 spiro atoms. The second-order valence-electron chi connectivity index (χ2n) is 7.78. The van der Waals surface area contributed by atoms with E-state index in [1.54, 1.807) is 11.3 Å². The highest BCUT2D eigenvalue weighted by atomic mass is 32.1. The fourth-order valence-corrected chi connectivity index (χ4v) is 5.25. The molecule has 0 bridgehead atoms. The minimum absolute atomic E-state index is 0.0447. The van der Waals surface area contributed by atoms with Crippen molar-refractivity contribution in [2.45, 2.75) is 46.1 Å². The van der Waals surface area contributed by atoms with Crippen molar-refractivity contribution < 1.29 is 14.3 Å². The summed E-state index contributed by atoms with van der Waals surface area (Å²) in [5, 5.41) is 3.72. The third kappa shape index (κ3) is 4.52. The molecule has 2 heterocycles. The lowest BCUT2D eigenvalue weighted by atomic mass is 9.88. The van der Waals surface area contributed by atoms with Gasteiger partial charge in [-0.1, -0.05) is 6.92 Å². The fraction of sp³-hybridized carbons (Fsp3) is 0.700. The molecule has 0 unspecified atom stereocenters. The number of hydrogen-bond donors (Lipinski definition) is 1. The monoisotopic (exact) mass is 393 g/mol. The first-order valence-electron chi connectivity index (χ1n) is 9.95. The third-order valence-electron chi connectivity index (χ3n) is 5.69. The van der Waals surface area contributed by atoms with Gasteiger partial charge in [0.1, 0.15) is 5.00 Å². The van der Waals surface area contributed by atoms with E-state index in [9.17, 15) is 9.59 Å². The summed E-state index contributed by atoms with van der Waals surface area (Å²) in [5.41, 5.74) is 1.67. The summed E-state index contributed by atoms with van der Waals surface area (Å²) < 4.78 is 5.29. The maximum atomic E-state index is 12.9. The van der Waals surface area contributed by atoms with Crippen molar-refractivity contribution in [2.24, 2.45) is 5.92 Å². The van der Waals surface area contributed by atoms with Gasteiger partial charge in [0.15, 0.2) is 0 Å². The molecule has 1 aliphatic heterocycles. The summed E-state index contributed by atoms with van der Waals surface area (Å²) in [6, 6.07) is -0.216. The maximum absolute atomic E-state index is 12.9. The lowest BCUT2D eigenvalue weighted by Crippen LogP contribution is -2.51. The molecule has 1 saturated heterocycles. The molecular weight excluding hydrogens is 362 g/mol. The molecule has 2 aliphatic rings. The highest BCUT2D eigenvalue weighted by molar-refractivity contribution is 7.17. The number of nitrogens with zero attached hydrogens (tertiary/aromatic N) is 2. The van der Waals surface area contributed by atoms with Crippen LogP contribution in [0, 0.1) is 5.92 Å². The Hall–Kier alpha value is -1.44. The van der Waals surface area contributed by atoms with Crippen LogP contribution in [0.15, 0.2) is 0 Å². The van der Waals surface area contributed by atoms with Crippen LogP contribution in [-0.4, -0.2) is 67.6 Å². The molecule has 1 aromatic rings. The summed E-state index contributed by atoms with van der Waals surface area (Å²) in [5.74, 6) is 0.253. The highest BCUT2D eigenvalue weighted by Gasteiger charge is 2.31. The number of esters is 1. The maximum Gasteiger partial charge on any atom is 0.341 e. The minimum Gasteiger partial charge on any atom is -0.462 e. The van der Waals surface area contributed by atoms with Crippen LogP contribution in [0.4, 0.5) is 5.00 Å². The van der Waals surface area contributed by atoms with E-state index >= 15 is 0 Å². The fourth-order valence-electron chi connectivity index (χ4n) is 3.85. The third-order valence-corrected chi connectivity index (χ3v) is 6.86. The zero-order chi connectivity index (χ0) is 19.6. The van der Waals surface area contributed by atoms with Gasteiger partial charge in [-0.2, -0.15) is 0 Å². The number of ether oxygens (including phenoxy) is 1. The standard InChI is InChI=1S/C20H31N3O3S/c1-5-26-20(25)17-15-7-6-13(2)12-16(15)27-19(17)21-18(24)14(3)23-10-8-22(4)9-11-23/h13-14H,5-12H2,1-4H3,(H,21,24)/t13-,14-/m1/s1. The Morgan fingerprint density at radius 3 is 2.67 bits per heavy atom. The number of carbonyl (C=O) groups is 2. The van der Waals surface area contributed by atoms with Crippen molar-refractivity contribution in [1.29, 1.82) is 0 Å². The number of fused-ring (bicyclic) bond motifs is 1. The normalized spacial score (nSPS) is 22.1. The van der Waals surface area contributed by atoms with Crippen molar-refractivity contribution >= 4 is 28.2 Å². The summed E-state index contributed by atoms with van der Waals surface area (Å²) >= 11 is 1.55. The average molecular weight is 394 g/mol. The van der Waals surface area contributed by atoms with E-state index < -0.39 is 0 Å². The van der Waals surface area contributed by atoms with Gasteiger partial charge in [-0.05, 0) is 51.6 Å². The molecule has 150 valence electrons. The Morgan fingerprint density at radius 2 is 2.00 bits per heavy atom. The molecule has 1 aliphatic carbocycles. The smallest absolute Gasteiger partial charge is 0.341 e. The quantitative estimate of drug-likeness (QED) is 0.779. The predicted molar refractivity (Wildman–Crippen MR) is 109 cm³/mol. The molecule has 7 heteroatoms. The van der Waals surface area contributed by atoms with Gasteiger partial charge < -0.3 is 15.0 Å². The first-order chi connectivity index (χ1) is 12.9. The van der Waals surface area contributed by atoms with Crippen LogP contribution in [0.3, 0.4) is 0 Å². The lowest BCUT2D eigenvalue weighted by Gasteiger charge is -2.35. The van der Waals surface area contributed by atoms with Gasteiger partial charge in [0.25, 0.3) is 0 Å². The molecule has 0 aromatic carbocycles. The number of hydrogen-bond acceptors (Lipinski definition) is 6. The van der Waals surface area contributed by atoms with Crippen LogP contribution < -0.4 is 5.32 Å². The lowest BCUT2D eigenvalue weighted by molar-refractivity contribution is -0.121. The van der Waals surface area contributed by atoms with Gasteiger partial charge in [-0.3, -0.25) is 9.69 Å². The Morgan fingerprint density at radius 1 is 1.30 bits per heavy atom. The van der Waals surface area contributed by atoms with E-state index in [0.717, 1.165) is 51.0 Å². The molecule has 27 heavy (non-hydrogen) atoms. The molecule has 2 atom stereocenters. The molecular formula is C20H31N3O3S. The molecule has 0 radical (unpaired) electrons. The van der Waals surface area contributed by atoms with Gasteiger partial charge in [-0.25, -0.2) is 4.79 Å². The van der Waals surface area contributed by atoms with Crippen LogP contribution >= 0.6 is 11.3 Å². The summed E-state index contributed by atoms with van der Waals surface area (Å²) in [6.07, 6.45) is 2.92. The first kappa shape index (κ1) is 20.3. The summed E-state index contributed by atoms with van der Waals surface area (Å²) in [6.45, 7) is 10.0. The molecule has 6 nitrogen and oxygen atoms in total. The highest BCUT2D eigenvalue weighted by Crippen LogP contribution is 2.40. The van der Waals surface area contributed by atoms with Crippen molar-refractivity contribution in [1.82, 2.24) is 9.80 Å². The Kier molecular flexibility index (Phi) is 6.55. The SMILES string of the molecule is CCOC(=O)c1c(NC(=O)[C@@H](C)N2CCN(C)CC2)sc2c1CC[C@@H](C)C2. The van der Waals surface area contributed by atoms with E-state index in [1.807, 2.05) is 13.8 Å². The van der Waals surface area contributed by atoms with Gasteiger partial charge in [0.2, 0.25) is 5.91 Å². The van der Waals surface area contributed by atoms with Gasteiger partial charge in [-0.15, -0.1) is 11.3 Å². The van der Waals surface area contributed by atoms with Crippen molar-refractivity contribution in [2.75, 3.05) is 45.2 Å². The van der Waals surface area contributed by atoms with Crippen LogP contribution in [0.25, 0.3) is 0 Å². The number of likely N-dealkylation sites (N-methyl/N-ethyl adjacent to an activating group) is 1.